The minimum atomic E-state index is -3.47. The van der Waals surface area contributed by atoms with Crippen molar-refractivity contribution in [2.45, 2.75) is 26.7 Å². The van der Waals surface area contributed by atoms with Gasteiger partial charge >= 0.3 is 5.97 Å². The van der Waals surface area contributed by atoms with Crippen LogP contribution in [-0.4, -0.2) is 43.8 Å². The molecule has 0 atom stereocenters. The van der Waals surface area contributed by atoms with Gasteiger partial charge in [0, 0.05) is 13.1 Å². The summed E-state index contributed by atoms with van der Waals surface area (Å²) in [6.45, 7) is 5.31. The maximum atomic E-state index is 11.4. The zero-order valence-electron chi connectivity index (χ0n) is 12.5. The van der Waals surface area contributed by atoms with E-state index in [1.807, 2.05) is 11.8 Å². The third-order valence-electron chi connectivity index (χ3n) is 2.86. The maximum Gasteiger partial charge on any atom is 0.339 e. The van der Waals surface area contributed by atoms with Crippen LogP contribution in [0.2, 0.25) is 0 Å². The first-order valence-corrected chi connectivity index (χ1v) is 8.63. The number of aromatic carboxylic acids is 1. The Hall–Kier alpha value is -1.83. The van der Waals surface area contributed by atoms with Gasteiger partial charge in [-0.15, -0.1) is 0 Å². The number of hydrogen-bond acceptors (Lipinski definition) is 5. The molecule has 0 aromatic carbocycles. The fourth-order valence-electron chi connectivity index (χ4n) is 1.90. The van der Waals surface area contributed by atoms with E-state index in [0.717, 1.165) is 19.1 Å². The van der Waals surface area contributed by atoms with E-state index in [1.165, 1.54) is 12.3 Å². The molecule has 2 N–H and O–H groups in total. The normalized spacial score (nSPS) is 11.2. The Kier molecular flexibility index (Phi) is 5.95. The summed E-state index contributed by atoms with van der Waals surface area (Å²) in [6, 6.07) is 1.29. The Balaban J connectivity index is 3.17. The highest BCUT2D eigenvalue weighted by Crippen LogP contribution is 2.22. The van der Waals surface area contributed by atoms with Crippen LogP contribution < -0.4 is 9.62 Å². The molecule has 0 radical (unpaired) electrons. The first kappa shape index (κ1) is 17.2. The van der Waals surface area contributed by atoms with E-state index >= 15 is 0 Å². The van der Waals surface area contributed by atoms with Crippen LogP contribution in [-0.2, 0) is 10.0 Å². The number of rotatable bonds is 8. The quantitative estimate of drug-likeness (QED) is 0.758. The first-order chi connectivity index (χ1) is 9.78. The molecule has 0 aliphatic carbocycles. The predicted octanol–water partition coefficient (Wildman–Crippen LogP) is 1.78. The summed E-state index contributed by atoms with van der Waals surface area (Å²) in [6.07, 6.45) is 4.25. The predicted molar refractivity (Wildman–Crippen MR) is 82.5 cm³/mol. The highest BCUT2D eigenvalue weighted by atomic mass is 32.2. The molecule has 0 amide bonds. The highest BCUT2D eigenvalue weighted by molar-refractivity contribution is 7.92. The Labute approximate surface area is 125 Å². The number of anilines is 2. The summed E-state index contributed by atoms with van der Waals surface area (Å²) in [5.41, 5.74) is 0.131. The van der Waals surface area contributed by atoms with Gasteiger partial charge in [0.05, 0.1) is 18.1 Å². The molecule has 7 nitrogen and oxygen atoms in total. The average Bonchev–Trinajstić information content (AvgIpc) is 2.38. The molecule has 0 aliphatic heterocycles. The zero-order chi connectivity index (χ0) is 16.0. The van der Waals surface area contributed by atoms with Crippen molar-refractivity contribution >= 4 is 27.5 Å². The van der Waals surface area contributed by atoms with Crippen molar-refractivity contribution in [1.29, 1.82) is 0 Å². The largest absolute Gasteiger partial charge is 0.478 e. The molecule has 1 rings (SSSR count). The third-order valence-corrected chi connectivity index (χ3v) is 3.47. The van der Waals surface area contributed by atoms with Gasteiger partial charge < -0.3 is 10.0 Å². The topological polar surface area (TPSA) is 99.6 Å². The smallest absolute Gasteiger partial charge is 0.339 e. The van der Waals surface area contributed by atoms with Crippen LogP contribution in [0.4, 0.5) is 11.5 Å². The molecule has 1 aromatic heterocycles. The lowest BCUT2D eigenvalue weighted by atomic mass is 10.2. The summed E-state index contributed by atoms with van der Waals surface area (Å²) in [4.78, 5) is 17.4. The summed E-state index contributed by atoms with van der Waals surface area (Å²) in [5, 5.41) is 9.31. The van der Waals surface area contributed by atoms with Crippen molar-refractivity contribution in [2.24, 2.45) is 0 Å². The molecule has 21 heavy (non-hydrogen) atoms. The van der Waals surface area contributed by atoms with Gasteiger partial charge in [-0.3, -0.25) is 4.72 Å². The van der Waals surface area contributed by atoms with Gasteiger partial charge in [-0.1, -0.05) is 13.3 Å². The Morgan fingerprint density at radius 3 is 2.57 bits per heavy atom. The molecule has 0 aliphatic rings. The first-order valence-electron chi connectivity index (χ1n) is 6.74. The molecule has 0 saturated carbocycles. The lowest BCUT2D eigenvalue weighted by molar-refractivity contribution is 0.0697. The van der Waals surface area contributed by atoms with Crippen molar-refractivity contribution in [3.63, 3.8) is 0 Å². The minimum absolute atomic E-state index is 0.0124. The molecule has 0 saturated heterocycles. The van der Waals surface area contributed by atoms with Gasteiger partial charge in [0.2, 0.25) is 10.0 Å². The van der Waals surface area contributed by atoms with Crippen molar-refractivity contribution in [2.75, 3.05) is 29.0 Å². The molecule has 8 heteroatoms. The van der Waals surface area contributed by atoms with Gasteiger partial charge in [-0.2, -0.15) is 0 Å². The Morgan fingerprint density at radius 1 is 1.43 bits per heavy atom. The van der Waals surface area contributed by atoms with Crippen LogP contribution in [0.1, 0.15) is 37.0 Å². The number of pyridine rings is 1. The molecule has 118 valence electrons. The number of carboxylic acid groups (broad SMARTS) is 1. The third kappa shape index (κ3) is 5.22. The van der Waals surface area contributed by atoms with Crippen molar-refractivity contribution in [3.8, 4) is 0 Å². The second kappa shape index (κ2) is 7.26. The van der Waals surface area contributed by atoms with Crippen LogP contribution in [0.15, 0.2) is 12.3 Å². The van der Waals surface area contributed by atoms with Crippen LogP contribution in [0.5, 0.6) is 0 Å². The molecule has 1 aromatic rings. The maximum absolute atomic E-state index is 11.4. The van der Waals surface area contributed by atoms with Crippen molar-refractivity contribution < 1.29 is 18.3 Å². The molecular formula is C13H21N3O4S. The summed E-state index contributed by atoms with van der Waals surface area (Å²) >= 11 is 0. The van der Waals surface area contributed by atoms with E-state index in [-0.39, 0.29) is 11.3 Å². The molecule has 0 fully saturated rings. The van der Waals surface area contributed by atoms with Crippen LogP contribution in [0, 0.1) is 0 Å². The van der Waals surface area contributed by atoms with E-state index in [9.17, 15) is 18.3 Å². The van der Waals surface area contributed by atoms with Gasteiger partial charge in [0.1, 0.15) is 11.4 Å². The highest BCUT2D eigenvalue weighted by Gasteiger charge is 2.18. The number of sulfonamides is 1. The van der Waals surface area contributed by atoms with Crippen LogP contribution >= 0.6 is 0 Å². The van der Waals surface area contributed by atoms with E-state index in [4.69, 9.17) is 0 Å². The number of hydrogen-bond donors (Lipinski definition) is 2. The number of carbonyl (C=O) groups is 1. The fourth-order valence-corrected chi connectivity index (χ4v) is 2.44. The van der Waals surface area contributed by atoms with Gasteiger partial charge in [-0.05, 0) is 19.4 Å². The van der Waals surface area contributed by atoms with E-state index in [2.05, 4.69) is 16.6 Å². The molecule has 1 heterocycles. The zero-order valence-corrected chi connectivity index (χ0v) is 13.3. The monoisotopic (exact) mass is 315 g/mol. The molecule has 0 spiro atoms. The summed E-state index contributed by atoms with van der Waals surface area (Å²) < 4.78 is 24.6. The van der Waals surface area contributed by atoms with Crippen LogP contribution in [0.3, 0.4) is 0 Å². The number of carboxylic acids is 1. The average molecular weight is 315 g/mol. The molecular weight excluding hydrogens is 294 g/mol. The number of unbranched alkanes of at least 4 members (excludes halogenated alkanes) is 1. The lowest BCUT2D eigenvalue weighted by Gasteiger charge is -2.23. The second-order valence-corrected chi connectivity index (χ2v) is 6.46. The Bertz CT molecular complexity index is 601. The molecule has 0 unspecified atom stereocenters. The molecule has 0 bridgehead atoms. The summed E-state index contributed by atoms with van der Waals surface area (Å²) in [5.74, 6) is -0.776. The van der Waals surface area contributed by atoms with Gasteiger partial charge in [0.25, 0.3) is 0 Å². The van der Waals surface area contributed by atoms with E-state index in [0.29, 0.717) is 18.9 Å². The standard InChI is InChI=1S/C13H21N3O4S/c1-4-6-7-16(5-2)12-11(13(17)18)8-10(9-14-12)15-21(3,19)20/h8-9,15H,4-7H2,1-3H3,(H,17,18). The number of nitrogens with one attached hydrogen (secondary N) is 1. The Morgan fingerprint density at radius 2 is 2.10 bits per heavy atom. The van der Waals surface area contributed by atoms with Gasteiger partial charge in [-0.25, -0.2) is 18.2 Å². The number of nitrogens with zero attached hydrogens (tertiary/aromatic N) is 2. The number of aromatic nitrogens is 1. The van der Waals surface area contributed by atoms with Crippen molar-refractivity contribution in [3.05, 3.63) is 17.8 Å². The SMILES string of the molecule is CCCCN(CC)c1ncc(NS(C)(=O)=O)cc1C(=O)O. The van der Waals surface area contributed by atoms with E-state index in [1.54, 1.807) is 0 Å². The van der Waals surface area contributed by atoms with E-state index < -0.39 is 16.0 Å². The second-order valence-electron chi connectivity index (χ2n) is 4.71. The lowest BCUT2D eigenvalue weighted by Crippen LogP contribution is -2.27. The summed E-state index contributed by atoms with van der Waals surface area (Å²) in [7, 11) is -3.47. The van der Waals surface area contributed by atoms with Crippen molar-refractivity contribution in [1.82, 2.24) is 4.98 Å². The van der Waals surface area contributed by atoms with Crippen LogP contribution in [0.25, 0.3) is 0 Å². The minimum Gasteiger partial charge on any atom is -0.478 e. The fraction of sp³-hybridized carbons (Fsp3) is 0.538. The van der Waals surface area contributed by atoms with Gasteiger partial charge in [0.15, 0.2) is 0 Å².